The van der Waals surface area contributed by atoms with Gasteiger partial charge in [0, 0.05) is 25.2 Å². The Balaban J connectivity index is 2.20. The molecule has 108 valence electrons. The fourth-order valence-corrected chi connectivity index (χ4v) is 2.62. The van der Waals surface area contributed by atoms with Crippen LogP contribution in [0.3, 0.4) is 0 Å². The number of nitrogens with zero attached hydrogens (tertiary/aromatic N) is 1. The van der Waals surface area contributed by atoms with Crippen molar-refractivity contribution < 1.29 is 4.74 Å². The van der Waals surface area contributed by atoms with E-state index < -0.39 is 0 Å². The highest BCUT2D eigenvalue weighted by Gasteiger charge is 2.19. The number of hydrogen-bond acceptors (Lipinski definition) is 3. The minimum Gasteiger partial charge on any atom is -0.377 e. The van der Waals surface area contributed by atoms with Crippen LogP contribution in [0, 0.1) is 0 Å². The minimum atomic E-state index is 0.463. The van der Waals surface area contributed by atoms with Gasteiger partial charge >= 0.3 is 0 Å². The fraction of sp³-hybridized carbons (Fsp3) is 1.00. The molecule has 3 unspecified atom stereocenters. The summed E-state index contributed by atoms with van der Waals surface area (Å²) in [5.41, 5.74) is 0. The summed E-state index contributed by atoms with van der Waals surface area (Å²) in [5.74, 6) is 0. The van der Waals surface area contributed by atoms with Crippen molar-refractivity contribution in [2.24, 2.45) is 0 Å². The highest BCUT2D eigenvalue weighted by atomic mass is 16.5. The molecule has 1 heterocycles. The van der Waals surface area contributed by atoms with Gasteiger partial charge in [-0.3, -0.25) is 0 Å². The summed E-state index contributed by atoms with van der Waals surface area (Å²) < 4.78 is 5.81. The largest absolute Gasteiger partial charge is 0.377 e. The van der Waals surface area contributed by atoms with Crippen LogP contribution >= 0.6 is 0 Å². The molecule has 3 atom stereocenters. The van der Waals surface area contributed by atoms with Crippen molar-refractivity contribution in [3.63, 3.8) is 0 Å². The molecular formula is C15H32N2O. The van der Waals surface area contributed by atoms with E-state index in [2.05, 4.69) is 38.0 Å². The topological polar surface area (TPSA) is 24.5 Å². The van der Waals surface area contributed by atoms with E-state index in [0.717, 1.165) is 19.7 Å². The molecule has 1 fully saturated rings. The average Bonchev–Trinajstić information content (AvgIpc) is 2.37. The Morgan fingerprint density at radius 1 is 1.33 bits per heavy atom. The molecule has 0 bridgehead atoms. The van der Waals surface area contributed by atoms with E-state index in [1.165, 1.54) is 32.1 Å². The first-order valence-corrected chi connectivity index (χ1v) is 7.68. The molecule has 3 nitrogen and oxygen atoms in total. The van der Waals surface area contributed by atoms with Crippen molar-refractivity contribution in [1.29, 1.82) is 0 Å². The van der Waals surface area contributed by atoms with Gasteiger partial charge in [0.15, 0.2) is 0 Å². The van der Waals surface area contributed by atoms with Crippen molar-refractivity contribution in [2.45, 2.75) is 71.1 Å². The summed E-state index contributed by atoms with van der Waals surface area (Å²) in [6.07, 6.45) is 6.70. The van der Waals surface area contributed by atoms with Crippen LogP contribution in [0.25, 0.3) is 0 Å². The third-order valence-electron chi connectivity index (χ3n) is 3.96. The van der Waals surface area contributed by atoms with Gasteiger partial charge in [-0.25, -0.2) is 0 Å². The highest BCUT2D eigenvalue weighted by molar-refractivity contribution is 4.74. The highest BCUT2D eigenvalue weighted by Crippen LogP contribution is 2.15. The van der Waals surface area contributed by atoms with Crippen LogP contribution in [0.1, 0.15) is 52.9 Å². The van der Waals surface area contributed by atoms with Crippen LogP contribution in [0.5, 0.6) is 0 Å². The lowest BCUT2D eigenvalue weighted by atomic mass is 10.1. The van der Waals surface area contributed by atoms with Gasteiger partial charge in [0.05, 0.1) is 6.10 Å². The Labute approximate surface area is 113 Å². The van der Waals surface area contributed by atoms with Gasteiger partial charge in [-0.1, -0.05) is 6.92 Å². The zero-order chi connectivity index (χ0) is 13.4. The normalized spacial score (nSPS) is 24.2. The summed E-state index contributed by atoms with van der Waals surface area (Å²) >= 11 is 0. The van der Waals surface area contributed by atoms with Crippen molar-refractivity contribution in [3.05, 3.63) is 0 Å². The Morgan fingerprint density at radius 3 is 2.72 bits per heavy atom. The average molecular weight is 256 g/mol. The monoisotopic (exact) mass is 256 g/mol. The second kappa shape index (κ2) is 8.89. The Bertz CT molecular complexity index is 205. The molecular weight excluding hydrogens is 224 g/mol. The molecule has 3 heteroatoms. The van der Waals surface area contributed by atoms with Crippen LogP contribution in [-0.2, 0) is 4.74 Å². The molecule has 0 aromatic rings. The van der Waals surface area contributed by atoms with Gasteiger partial charge in [0.1, 0.15) is 0 Å². The lowest BCUT2D eigenvalue weighted by molar-refractivity contribution is -0.00799. The van der Waals surface area contributed by atoms with Crippen LogP contribution in [-0.4, -0.2) is 49.8 Å². The van der Waals surface area contributed by atoms with Crippen molar-refractivity contribution in [1.82, 2.24) is 10.2 Å². The lowest BCUT2D eigenvalue weighted by Crippen LogP contribution is -2.41. The number of nitrogens with one attached hydrogen (secondary N) is 1. The summed E-state index contributed by atoms with van der Waals surface area (Å²) in [6, 6.07) is 1.23. The maximum atomic E-state index is 5.81. The molecule has 0 spiro atoms. The maximum Gasteiger partial charge on any atom is 0.0702 e. The van der Waals surface area contributed by atoms with Gasteiger partial charge < -0.3 is 15.0 Å². The molecule has 1 N–H and O–H groups in total. The molecule has 0 aromatic heterocycles. The van der Waals surface area contributed by atoms with E-state index in [9.17, 15) is 0 Å². The molecule has 1 rings (SSSR count). The second-order valence-electron chi connectivity index (χ2n) is 5.87. The fourth-order valence-electron chi connectivity index (χ4n) is 2.62. The van der Waals surface area contributed by atoms with Crippen LogP contribution in [0.15, 0.2) is 0 Å². The molecule has 0 aromatic carbocycles. The third-order valence-corrected chi connectivity index (χ3v) is 3.96. The lowest BCUT2D eigenvalue weighted by Gasteiger charge is -2.32. The predicted octanol–water partition coefficient (Wildman–Crippen LogP) is 2.65. The van der Waals surface area contributed by atoms with E-state index in [1.807, 2.05) is 0 Å². The van der Waals surface area contributed by atoms with Crippen molar-refractivity contribution in [3.8, 4) is 0 Å². The molecule has 0 saturated carbocycles. The summed E-state index contributed by atoms with van der Waals surface area (Å²) in [7, 11) is 2.23. The standard InChI is InChI=1S/C15H32N2O/c1-5-9-16-13(2)11-14(3)17(4)12-15-8-6-7-10-18-15/h13-16H,5-12H2,1-4H3. The Morgan fingerprint density at radius 2 is 2.11 bits per heavy atom. The molecule has 0 radical (unpaired) electrons. The third kappa shape index (κ3) is 6.17. The first kappa shape index (κ1) is 15.9. The first-order chi connectivity index (χ1) is 8.63. The van der Waals surface area contributed by atoms with Gasteiger partial charge in [-0.05, 0) is 59.5 Å². The van der Waals surface area contributed by atoms with Gasteiger partial charge in [0.25, 0.3) is 0 Å². The Kier molecular flexibility index (Phi) is 7.87. The van der Waals surface area contributed by atoms with Crippen LogP contribution in [0.4, 0.5) is 0 Å². The zero-order valence-corrected chi connectivity index (χ0v) is 12.7. The Hall–Kier alpha value is -0.120. The number of rotatable bonds is 8. The smallest absolute Gasteiger partial charge is 0.0702 e. The molecule has 1 aliphatic heterocycles. The quantitative estimate of drug-likeness (QED) is 0.722. The van der Waals surface area contributed by atoms with E-state index in [-0.39, 0.29) is 0 Å². The molecule has 0 aliphatic carbocycles. The van der Waals surface area contributed by atoms with E-state index >= 15 is 0 Å². The summed E-state index contributed by atoms with van der Waals surface area (Å²) in [6.45, 7) is 10.0. The van der Waals surface area contributed by atoms with Gasteiger partial charge in [0.2, 0.25) is 0 Å². The van der Waals surface area contributed by atoms with Crippen molar-refractivity contribution >= 4 is 0 Å². The molecule has 1 aliphatic rings. The van der Waals surface area contributed by atoms with Crippen LogP contribution < -0.4 is 5.32 Å². The van der Waals surface area contributed by atoms with Gasteiger partial charge in [-0.2, -0.15) is 0 Å². The molecule has 1 saturated heterocycles. The van der Waals surface area contributed by atoms with E-state index in [4.69, 9.17) is 4.74 Å². The molecule has 18 heavy (non-hydrogen) atoms. The van der Waals surface area contributed by atoms with Crippen molar-refractivity contribution in [2.75, 3.05) is 26.7 Å². The predicted molar refractivity (Wildman–Crippen MR) is 78.1 cm³/mol. The summed E-state index contributed by atoms with van der Waals surface area (Å²) in [4.78, 5) is 2.46. The zero-order valence-electron chi connectivity index (χ0n) is 12.7. The maximum absolute atomic E-state index is 5.81. The van der Waals surface area contributed by atoms with E-state index in [0.29, 0.717) is 18.2 Å². The SMILES string of the molecule is CCCNC(C)CC(C)N(C)CC1CCCCO1. The van der Waals surface area contributed by atoms with Gasteiger partial charge in [-0.15, -0.1) is 0 Å². The summed E-state index contributed by atoms with van der Waals surface area (Å²) in [5, 5.41) is 3.56. The number of hydrogen-bond donors (Lipinski definition) is 1. The number of ether oxygens (including phenoxy) is 1. The number of likely N-dealkylation sites (N-methyl/N-ethyl adjacent to an activating group) is 1. The minimum absolute atomic E-state index is 0.463. The van der Waals surface area contributed by atoms with E-state index in [1.54, 1.807) is 0 Å². The molecule has 0 amide bonds. The second-order valence-corrected chi connectivity index (χ2v) is 5.87. The first-order valence-electron chi connectivity index (χ1n) is 7.68. The van der Waals surface area contributed by atoms with Crippen LogP contribution in [0.2, 0.25) is 0 Å².